The van der Waals surface area contributed by atoms with E-state index in [0.29, 0.717) is 28.8 Å². The van der Waals surface area contributed by atoms with E-state index in [1.807, 2.05) is 6.92 Å². The second-order valence-electron chi connectivity index (χ2n) is 8.40. The summed E-state index contributed by atoms with van der Waals surface area (Å²) < 4.78 is 10.9. The maximum Gasteiger partial charge on any atom is 0.270 e. The van der Waals surface area contributed by atoms with Crippen LogP contribution < -0.4 is 10.3 Å². The van der Waals surface area contributed by atoms with Gasteiger partial charge in [-0.25, -0.2) is 4.98 Å². The first kappa shape index (κ1) is 21.4. The molecule has 0 saturated heterocycles. The maximum absolute atomic E-state index is 12.9. The summed E-state index contributed by atoms with van der Waals surface area (Å²) in [6.07, 6.45) is 3.05. The highest BCUT2D eigenvalue weighted by molar-refractivity contribution is 7.98. The summed E-state index contributed by atoms with van der Waals surface area (Å²) in [6.45, 7) is 4.65. The van der Waals surface area contributed by atoms with Crippen molar-refractivity contribution in [1.29, 1.82) is 0 Å². The largest absolute Gasteiger partial charge is 0.467 e. The summed E-state index contributed by atoms with van der Waals surface area (Å²) in [5.41, 5.74) is 2.55. The minimum Gasteiger partial charge on any atom is -0.467 e. The van der Waals surface area contributed by atoms with E-state index in [-0.39, 0.29) is 29.9 Å². The monoisotopic (exact) mass is 473 g/mol. The molecule has 1 aliphatic carbocycles. The lowest BCUT2D eigenvalue weighted by Gasteiger charge is -2.21. The van der Waals surface area contributed by atoms with Gasteiger partial charge in [0, 0.05) is 33.9 Å². The average Bonchev–Trinajstić information content (AvgIpc) is 3.14. The van der Waals surface area contributed by atoms with Crippen molar-refractivity contribution in [1.82, 2.24) is 9.97 Å². The van der Waals surface area contributed by atoms with Crippen LogP contribution >= 0.6 is 23.1 Å². The van der Waals surface area contributed by atoms with E-state index in [1.165, 1.54) is 16.5 Å². The van der Waals surface area contributed by atoms with Crippen LogP contribution in [-0.4, -0.2) is 21.7 Å². The SMILES string of the molecule is C[C@@H]1CCc2c(sc3nc([C@H](C)SCc4cc([N+](=O)[O-])cc5c4OCOC5)[nH]c(=O)c23)C1. The van der Waals surface area contributed by atoms with Crippen molar-refractivity contribution in [2.75, 3.05) is 6.79 Å². The van der Waals surface area contributed by atoms with Gasteiger partial charge in [0.1, 0.15) is 16.4 Å². The average molecular weight is 474 g/mol. The first-order valence-electron chi connectivity index (χ1n) is 10.6. The van der Waals surface area contributed by atoms with Crippen molar-refractivity contribution >= 4 is 39.0 Å². The summed E-state index contributed by atoms with van der Waals surface area (Å²) in [5, 5.41) is 12.0. The number of aryl methyl sites for hydroxylation is 1. The molecule has 0 amide bonds. The van der Waals surface area contributed by atoms with Gasteiger partial charge in [-0.05, 0) is 37.7 Å². The Morgan fingerprint density at radius 1 is 1.44 bits per heavy atom. The lowest BCUT2D eigenvalue weighted by atomic mass is 9.89. The van der Waals surface area contributed by atoms with Crippen molar-refractivity contribution < 1.29 is 14.4 Å². The number of thiophene rings is 1. The molecule has 8 nitrogen and oxygen atoms in total. The molecular weight excluding hydrogens is 450 g/mol. The zero-order valence-electron chi connectivity index (χ0n) is 17.8. The summed E-state index contributed by atoms with van der Waals surface area (Å²) in [7, 11) is 0. The van der Waals surface area contributed by atoms with Crippen molar-refractivity contribution in [3.8, 4) is 5.75 Å². The Bertz CT molecular complexity index is 1270. The van der Waals surface area contributed by atoms with Gasteiger partial charge in [-0.1, -0.05) is 6.92 Å². The van der Waals surface area contributed by atoms with Crippen LogP contribution in [0.15, 0.2) is 16.9 Å². The highest BCUT2D eigenvalue weighted by atomic mass is 32.2. The van der Waals surface area contributed by atoms with Crippen LogP contribution in [0.3, 0.4) is 0 Å². The molecule has 2 atom stereocenters. The molecular formula is C22H23N3O5S2. The van der Waals surface area contributed by atoms with Crippen LogP contribution in [0.25, 0.3) is 10.2 Å². The minimum absolute atomic E-state index is 0.0208. The Balaban J connectivity index is 1.41. The first-order chi connectivity index (χ1) is 15.4. The third kappa shape index (κ3) is 3.91. The summed E-state index contributed by atoms with van der Waals surface area (Å²) in [4.78, 5) is 33.7. The van der Waals surface area contributed by atoms with Gasteiger partial charge in [0.15, 0.2) is 6.79 Å². The van der Waals surface area contributed by atoms with E-state index in [1.54, 1.807) is 29.2 Å². The van der Waals surface area contributed by atoms with Gasteiger partial charge in [-0.3, -0.25) is 14.9 Å². The Labute approximate surface area is 192 Å². The number of nitro benzene ring substituents is 1. The number of nitrogens with zero attached hydrogens (tertiary/aromatic N) is 2. The third-order valence-corrected chi connectivity index (χ3v) is 8.39. The highest BCUT2D eigenvalue weighted by Crippen LogP contribution is 2.39. The lowest BCUT2D eigenvalue weighted by molar-refractivity contribution is -0.385. The predicted molar refractivity (Wildman–Crippen MR) is 125 cm³/mol. The van der Waals surface area contributed by atoms with E-state index in [9.17, 15) is 14.9 Å². The molecule has 10 heteroatoms. The highest BCUT2D eigenvalue weighted by Gasteiger charge is 2.25. The van der Waals surface area contributed by atoms with Crippen LogP contribution in [0.5, 0.6) is 5.75 Å². The number of aromatic nitrogens is 2. The lowest BCUT2D eigenvalue weighted by Crippen LogP contribution is -2.15. The van der Waals surface area contributed by atoms with Crippen LogP contribution in [0.1, 0.15) is 52.9 Å². The Morgan fingerprint density at radius 2 is 2.28 bits per heavy atom. The smallest absolute Gasteiger partial charge is 0.270 e. The van der Waals surface area contributed by atoms with Crippen molar-refractivity contribution in [2.45, 2.75) is 50.7 Å². The maximum atomic E-state index is 12.9. The number of H-pyrrole nitrogens is 1. The quantitative estimate of drug-likeness (QED) is 0.416. The van der Waals surface area contributed by atoms with E-state index in [4.69, 9.17) is 14.5 Å². The van der Waals surface area contributed by atoms with Gasteiger partial charge >= 0.3 is 0 Å². The Morgan fingerprint density at radius 3 is 3.09 bits per heavy atom. The zero-order valence-corrected chi connectivity index (χ0v) is 19.4. The van der Waals surface area contributed by atoms with Gasteiger partial charge in [-0.15, -0.1) is 23.1 Å². The van der Waals surface area contributed by atoms with Crippen LogP contribution in [0.2, 0.25) is 0 Å². The zero-order chi connectivity index (χ0) is 22.4. The molecule has 2 aromatic heterocycles. The molecule has 1 aliphatic heterocycles. The topological polar surface area (TPSA) is 107 Å². The van der Waals surface area contributed by atoms with Crippen molar-refractivity contribution in [2.24, 2.45) is 5.92 Å². The molecule has 32 heavy (non-hydrogen) atoms. The van der Waals surface area contributed by atoms with Gasteiger partial charge in [0.2, 0.25) is 0 Å². The Hall–Kier alpha value is -2.43. The molecule has 0 saturated carbocycles. The van der Waals surface area contributed by atoms with E-state index in [0.717, 1.165) is 35.0 Å². The van der Waals surface area contributed by atoms with Crippen LogP contribution in [0, 0.1) is 16.0 Å². The van der Waals surface area contributed by atoms with Crippen LogP contribution in [-0.2, 0) is 29.9 Å². The summed E-state index contributed by atoms with van der Waals surface area (Å²) in [5.74, 6) is 2.41. The molecule has 168 valence electrons. The Kier molecular flexibility index (Phi) is 5.68. The van der Waals surface area contributed by atoms with E-state index in [2.05, 4.69) is 11.9 Å². The molecule has 1 N–H and O–H groups in total. The summed E-state index contributed by atoms with van der Waals surface area (Å²) in [6, 6.07) is 3.05. The molecule has 0 radical (unpaired) electrons. The number of thioether (sulfide) groups is 1. The molecule has 0 bridgehead atoms. The second-order valence-corrected chi connectivity index (χ2v) is 10.8. The fourth-order valence-electron chi connectivity index (χ4n) is 4.35. The first-order valence-corrected chi connectivity index (χ1v) is 12.4. The number of ether oxygens (including phenoxy) is 2. The summed E-state index contributed by atoms with van der Waals surface area (Å²) >= 11 is 3.20. The number of non-ortho nitro benzene ring substituents is 1. The number of fused-ring (bicyclic) bond motifs is 4. The number of hydrogen-bond donors (Lipinski definition) is 1. The van der Waals surface area contributed by atoms with Gasteiger partial charge in [-0.2, -0.15) is 0 Å². The molecule has 1 aromatic carbocycles. The second kappa shape index (κ2) is 8.49. The molecule has 3 heterocycles. The minimum atomic E-state index is -0.404. The third-order valence-electron chi connectivity index (χ3n) is 6.04. The van der Waals surface area contributed by atoms with Gasteiger partial charge < -0.3 is 14.5 Å². The number of aromatic amines is 1. The normalized spacial score (nSPS) is 18.6. The van der Waals surface area contributed by atoms with Gasteiger partial charge in [0.25, 0.3) is 11.2 Å². The van der Waals surface area contributed by atoms with E-state index >= 15 is 0 Å². The molecule has 0 spiro atoms. The van der Waals surface area contributed by atoms with Crippen molar-refractivity contribution in [3.63, 3.8) is 0 Å². The van der Waals surface area contributed by atoms with Crippen LogP contribution in [0.4, 0.5) is 5.69 Å². The number of hydrogen-bond acceptors (Lipinski definition) is 8. The molecule has 0 fully saturated rings. The molecule has 0 unspecified atom stereocenters. The predicted octanol–water partition coefficient (Wildman–Crippen LogP) is 4.88. The molecule has 2 aliphatic rings. The number of benzene rings is 1. The molecule has 3 aromatic rings. The van der Waals surface area contributed by atoms with Gasteiger partial charge in [0.05, 0.1) is 22.2 Å². The fraction of sp³-hybridized carbons (Fsp3) is 0.455. The number of rotatable bonds is 5. The standard InChI is InChI=1S/C22H23N3O5S2/c1-11-3-4-16-17(5-11)32-22-18(16)21(26)23-20(24-22)12(2)31-9-14-7-15(25(27)28)6-13-8-29-10-30-19(13)14/h6-7,11-12H,3-5,8-10H2,1-2H3,(H,23,24,26)/t11-,12+/m1/s1. The number of nitrogens with one attached hydrogen (secondary N) is 1. The fourth-order valence-corrected chi connectivity index (χ4v) is 6.65. The molecule has 5 rings (SSSR count). The van der Waals surface area contributed by atoms with Crippen molar-refractivity contribution in [3.05, 3.63) is 60.0 Å². The number of nitro groups is 1. The van der Waals surface area contributed by atoms with E-state index < -0.39 is 4.92 Å².